The first-order valence-electron chi connectivity index (χ1n) is 17.4. The third-order valence-electron chi connectivity index (χ3n) is 9.40. The highest BCUT2D eigenvalue weighted by Crippen LogP contribution is 2.42. The van der Waals surface area contributed by atoms with Crippen molar-refractivity contribution in [1.82, 2.24) is 14.8 Å². The number of carbonyl (C=O) groups excluding carboxylic acids is 2. The molecule has 0 spiro atoms. The van der Waals surface area contributed by atoms with E-state index >= 15 is 8.78 Å². The molecule has 2 heterocycles. The van der Waals surface area contributed by atoms with Gasteiger partial charge >= 0.3 is 18.3 Å². The quantitative estimate of drug-likeness (QED) is 0.139. The summed E-state index contributed by atoms with van der Waals surface area (Å²) in [5.74, 6) is -7.17. The Morgan fingerprint density at radius 3 is 2.15 bits per heavy atom. The van der Waals surface area contributed by atoms with Crippen molar-refractivity contribution in [2.45, 2.75) is 85.2 Å². The summed E-state index contributed by atoms with van der Waals surface area (Å²) in [4.78, 5) is 42.2. The zero-order valence-electron chi connectivity index (χ0n) is 30.6. The number of nitrogens with zero attached hydrogens (tertiary/aromatic N) is 2. The molecule has 7 nitrogen and oxygen atoms in total. The highest BCUT2D eigenvalue weighted by atomic mass is 19.4. The lowest BCUT2D eigenvalue weighted by Crippen LogP contribution is -2.46. The van der Waals surface area contributed by atoms with Gasteiger partial charge in [0, 0.05) is 43.0 Å². The summed E-state index contributed by atoms with van der Waals surface area (Å²) in [5.41, 5.74) is -7.43. The topological polar surface area (TPSA) is 80.6 Å². The van der Waals surface area contributed by atoms with E-state index < -0.39 is 93.9 Å². The predicted octanol–water partition coefficient (Wildman–Crippen LogP) is 8.48. The Morgan fingerprint density at radius 1 is 0.963 bits per heavy atom. The maximum atomic E-state index is 16.6. The minimum atomic E-state index is -5.44. The summed E-state index contributed by atoms with van der Waals surface area (Å²) in [6, 6.07) is -1.11. The normalized spacial score (nSPS) is 15.3. The molecule has 2 atom stereocenters. The van der Waals surface area contributed by atoms with Crippen LogP contribution in [0.4, 0.5) is 39.5 Å². The van der Waals surface area contributed by atoms with E-state index in [1.165, 1.54) is 26.8 Å². The highest BCUT2D eigenvalue weighted by molar-refractivity contribution is 5.82. The summed E-state index contributed by atoms with van der Waals surface area (Å²) in [6.45, 7) is 10.4. The summed E-state index contributed by atoms with van der Waals surface area (Å²) in [5, 5.41) is 2.22. The third-order valence-corrected chi connectivity index (χ3v) is 9.40. The second-order valence-electron chi connectivity index (χ2n) is 14.2. The molecule has 16 heteroatoms. The van der Waals surface area contributed by atoms with Crippen LogP contribution in [0.25, 0.3) is 11.1 Å². The van der Waals surface area contributed by atoms with Gasteiger partial charge in [0.05, 0.1) is 30.2 Å². The van der Waals surface area contributed by atoms with Gasteiger partial charge in [-0.15, -0.1) is 0 Å². The van der Waals surface area contributed by atoms with Crippen molar-refractivity contribution in [1.29, 1.82) is 0 Å². The molecule has 3 aromatic rings. The molecule has 1 fully saturated rings. The Hall–Kier alpha value is -4.34. The molecule has 54 heavy (non-hydrogen) atoms. The number of esters is 1. The molecule has 1 aliphatic heterocycles. The number of ether oxygens (including phenoxy) is 1. The van der Waals surface area contributed by atoms with E-state index in [0.29, 0.717) is 25.1 Å². The van der Waals surface area contributed by atoms with Gasteiger partial charge in [-0.3, -0.25) is 14.4 Å². The number of halogens is 9. The highest BCUT2D eigenvalue weighted by Gasteiger charge is 2.41. The number of aryl methyl sites for hydroxylation is 1. The number of pyridine rings is 1. The molecule has 4 rings (SSSR count). The average Bonchev–Trinajstić information content (AvgIpc) is 3.03. The number of benzene rings is 2. The van der Waals surface area contributed by atoms with E-state index in [2.05, 4.69) is 5.32 Å². The Kier molecular flexibility index (Phi) is 13.0. The average molecular weight is 776 g/mol. The van der Waals surface area contributed by atoms with Gasteiger partial charge in [0.25, 0.3) is 5.56 Å². The largest absolute Gasteiger partial charge is 0.466 e. The Morgan fingerprint density at radius 2 is 1.59 bits per heavy atom. The molecular weight excluding hydrogens is 733 g/mol. The lowest BCUT2D eigenvalue weighted by atomic mass is 9.89. The zero-order valence-corrected chi connectivity index (χ0v) is 30.6. The molecule has 0 bridgehead atoms. The molecular formula is C38H42F9N3O4. The van der Waals surface area contributed by atoms with Crippen LogP contribution in [0.2, 0.25) is 0 Å². The van der Waals surface area contributed by atoms with Gasteiger partial charge in [0.15, 0.2) is 0 Å². The number of hydrogen-bond donors (Lipinski definition) is 1. The summed E-state index contributed by atoms with van der Waals surface area (Å²) in [6.07, 6.45) is -10.9. The van der Waals surface area contributed by atoms with E-state index in [9.17, 15) is 45.1 Å². The van der Waals surface area contributed by atoms with Gasteiger partial charge in [-0.1, -0.05) is 26.8 Å². The van der Waals surface area contributed by atoms with Crippen molar-refractivity contribution in [2.24, 2.45) is 11.8 Å². The van der Waals surface area contributed by atoms with Crippen molar-refractivity contribution in [3.8, 4) is 11.1 Å². The van der Waals surface area contributed by atoms with Gasteiger partial charge in [-0.25, -0.2) is 13.2 Å². The summed E-state index contributed by atoms with van der Waals surface area (Å²) < 4.78 is 138. The third kappa shape index (κ3) is 9.47. The molecule has 0 saturated carbocycles. The SMILES string of the molecule is CCOC(=O)C[C@H](NC(=O)C(CC(C)C)n1cc(CCN2CC(C)C2)c(C(F)(F)F)cc1=O)c1c(F)c(-c2c(C)ccc(F)c2C)cc(C(F)(F)F)c1F. The van der Waals surface area contributed by atoms with Crippen molar-refractivity contribution in [2.75, 3.05) is 26.2 Å². The molecule has 0 aliphatic carbocycles. The van der Waals surface area contributed by atoms with Crippen molar-refractivity contribution in [3.63, 3.8) is 0 Å². The number of alkyl halides is 6. The Balaban J connectivity index is 1.90. The first kappa shape index (κ1) is 42.4. The van der Waals surface area contributed by atoms with E-state index in [1.54, 1.807) is 13.8 Å². The second-order valence-corrected chi connectivity index (χ2v) is 14.2. The van der Waals surface area contributed by atoms with Crippen LogP contribution in [0.5, 0.6) is 0 Å². The molecule has 2 aromatic carbocycles. The fourth-order valence-electron chi connectivity index (χ4n) is 6.85. The zero-order chi connectivity index (χ0) is 40.4. The smallest absolute Gasteiger partial charge is 0.419 e. The number of hydrogen-bond acceptors (Lipinski definition) is 5. The fraction of sp³-hybridized carbons (Fsp3) is 0.500. The number of rotatable bonds is 13. The summed E-state index contributed by atoms with van der Waals surface area (Å²) in [7, 11) is 0. The van der Waals surface area contributed by atoms with Crippen LogP contribution < -0.4 is 10.9 Å². The maximum Gasteiger partial charge on any atom is 0.419 e. The van der Waals surface area contributed by atoms with E-state index in [0.717, 1.165) is 16.8 Å². The molecule has 0 radical (unpaired) electrons. The minimum absolute atomic E-state index is 0.127. The minimum Gasteiger partial charge on any atom is -0.466 e. The molecule has 1 saturated heterocycles. The first-order chi connectivity index (χ1) is 25.0. The number of carbonyl (C=O) groups is 2. The van der Waals surface area contributed by atoms with Crippen LogP contribution in [-0.2, 0) is 33.1 Å². The number of aromatic nitrogens is 1. The van der Waals surface area contributed by atoms with E-state index in [4.69, 9.17) is 4.74 Å². The molecule has 1 unspecified atom stereocenters. The molecule has 1 amide bonds. The van der Waals surface area contributed by atoms with Crippen LogP contribution in [0.15, 0.2) is 35.3 Å². The van der Waals surface area contributed by atoms with E-state index in [1.807, 2.05) is 11.8 Å². The first-order valence-corrected chi connectivity index (χ1v) is 17.4. The van der Waals surface area contributed by atoms with Crippen LogP contribution in [0, 0.1) is 43.1 Å². The Bertz CT molecular complexity index is 1930. The molecule has 296 valence electrons. The van der Waals surface area contributed by atoms with Gasteiger partial charge < -0.3 is 19.5 Å². The van der Waals surface area contributed by atoms with Crippen molar-refractivity contribution >= 4 is 11.9 Å². The molecule has 1 N–H and O–H groups in total. The van der Waals surface area contributed by atoms with Gasteiger partial charge in [0.1, 0.15) is 23.5 Å². The number of likely N-dealkylation sites (tertiary alicyclic amines) is 1. The monoisotopic (exact) mass is 775 g/mol. The van der Waals surface area contributed by atoms with Gasteiger partial charge in [-0.2, -0.15) is 26.3 Å². The van der Waals surface area contributed by atoms with Crippen LogP contribution >= 0.6 is 0 Å². The Labute approximate surface area is 306 Å². The van der Waals surface area contributed by atoms with Crippen LogP contribution in [-0.4, -0.2) is 47.6 Å². The lowest BCUT2D eigenvalue weighted by molar-refractivity contribution is -0.144. The van der Waals surface area contributed by atoms with Crippen molar-refractivity contribution < 1.29 is 53.8 Å². The van der Waals surface area contributed by atoms with Gasteiger partial charge in [0.2, 0.25) is 5.91 Å². The summed E-state index contributed by atoms with van der Waals surface area (Å²) >= 11 is 0. The number of nitrogens with one attached hydrogen (secondary N) is 1. The predicted molar refractivity (Wildman–Crippen MR) is 182 cm³/mol. The standard InChI is InChI=1S/C38H42F9N3O4/c1-7-54-31(52)15-28(33-34(40)24(13-26(35(33)41)38(45,46)47)32-21(5)8-9-27(39)22(32)6)48-36(53)29(12-19(2)3)50-18-23(10-11-49-16-20(4)17-49)25(14-30(50)51)37(42,43)44/h8-9,13-14,18-20,28-29H,7,10-12,15-17H2,1-6H3,(H,48,53)/t28-,29?/m0/s1. The maximum absolute atomic E-state index is 16.6. The lowest BCUT2D eigenvalue weighted by Gasteiger charge is -2.37. The van der Waals surface area contributed by atoms with Crippen LogP contribution in [0.3, 0.4) is 0 Å². The fourth-order valence-corrected chi connectivity index (χ4v) is 6.85. The number of amides is 1. The van der Waals surface area contributed by atoms with Crippen LogP contribution in [0.1, 0.15) is 86.0 Å². The molecule has 1 aliphatic rings. The molecule has 1 aromatic heterocycles. The van der Waals surface area contributed by atoms with E-state index in [-0.39, 0.29) is 54.3 Å². The van der Waals surface area contributed by atoms with Gasteiger partial charge in [-0.05, 0) is 79.8 Å². The van der Waals surface area contributed by atoms with Crippen molar-refractivity contribution in [3.05, 3.63) is 91.6 Å². The second kappa shape index (κ2) is 16.6.